The molecule has 0 saturated heterocycles. The lowest BCUT2D eigenvalue weighted by Gasteiger charge is -2.01. The highest BCUT2D eigenvalue weighted by Gasteiger charge is 1.84. The Bertz CT molecular complexity index is 170. The summed E-state index contributed by atoms with van der Waals surface area (Å²) in [5, 5.41) is 4.01. The zero-order valence-corrected chi connectivity index (χ0v) is 9.00. The van der Waals surface area contributed by atoms with Gasteiger partial charge in [-0.15, -0.1) is 0 Å². The van der Waals surface area contributed by atoms with Crippen molar-refractivity contribution in [2.45, 2.75) is 27.7 Å². The van der Waals surface area contributed by atoms with Gasteiger partial charge in [0.15, 0.2) is 0 Å². The van der Waals surface area contributed by atoms with E-state index in [0.29, 0.717) is 12.5 Å². The SMILES string of the molecule is CC(C)=COCCN/N=C/C(C)C. The molecule has 0 saturated carbocycles. The molecule has 0 aromatic heterocycles. The van der Waals surface area contributed by atoms with E-state index in [1.54, 1.807) is 6.26 Å². The maximum Gasteiger partial charge on any atom is 0.106 e. The minimum absolute atomic E-state index is 0.492. The predicted molar refractivity (Wildman–Crippen MR) is 56.7 cm³/mol. The number of hydrogen-bond donors (Lipinski definition) is 1. The van der Waals surface area contributed by atoms with Crippen LogP contribution in [0.5, 0.6) is 0 Å². The first-order valence-corrected chi connectivity index (χ1v) is 4.64. The third kappa shape index (κ3) is 11.0. The molecule has 0 aliphatic carbocycles. The number of hydrogen-bond acceptors (Lipinski definition) is 3. The second kappa shape index (κ2) is 7.65. The van der Waals surface area contributed by atoms with E-state index in [-0.39, 0.29) is 0 Å². The van der Waals surface area contributed by atoms with E-state index >= 15 is 0 Å². The average Bonchev–Trinajstić information content (AvgIpc) is 2.01. The summed E-state index contributed by atoms with van der Waals surface area (Å²) in [6, 6.07) is 0. The van der Waals surface area contributed by atoms with E-state index in [1.807, 2.05) is 20.1 Å². The molecule has 0 aromatic rings. The van der Waals surface area contributed by atoms with Gasteiger partial charge in [-0.05, 0) is 25.3 Å². The van der Waals surface area contributed by atoms with Gasteiger partial charge >= 0.3 is 0 Å². The number of rotatable bonds is 6. The highest BCUT2D eigenvalue weighted by atomic mass is 16.5. The molecule has 0 atom stereocenters. The Morgan fingerprint density at radius 2 is 2.15 bits per heavy atom. The van der Waals surface area contributed by atoms with Gasteiger partial charge < -0.3 is 10.2 Å². The van der Waals surface area contributed by atoms with Gasteiger partial charge in [0.1, 0.15) is 6.61 Å². The van der Waals surface area contributed by atoms with Gasteiger partial charge in [0, 0.05) is 6.21 Å². The summed E-state index contributed by atoms with van der Waals surface area (Å²) >= 11 is 0. The molecule has 0 unspecified atom stereocenters. The van der Waals surface area contributed by atoms with Crippen molar-refractivity contribution in [3.8, 4) is 0 Å². The molecule has 3 nitrogen and oxygen atoms in total. The van der Waals surface area contributed by atoms with Crippen LogP contribution >= 0.6 is 0 Å². The van der Waals surface area contributed by atoms with E-state index < -0.39 is 0 Å². The Hall–Kier alpha value is -0.990. The smallest absolute Gasteiger partial charge is 0.106 e. The largest absolute Gasteiger partial charge is 0.499 e. The van der Waals surface area contributed by atoms with Crippen LogP contribution in [-0.4, -0.2) is 19.4 Å². The molecule has 0 heterocycles. The first-order chi connectivity index (χ1) is 6.13. The molecule has 0 rings (SSSR count). The fourth-order valence-electron chi connectivity index (χ4n) is 0.596. The topological polar surface area (TPSA) is 33.6 Å². The fourth-order valence-corrected chi connectivity index (χ4v) is 0.596. The van der Waals surface area contributed by atoms with Crippen LogP contribution in [0.4, 0.5) is 0 Å². The van der Waals surface area contributed by atoms with E-state index in [1.165, 1.54) is 5.57 Å². The molecule has 0 aromatic carbocycles. The molecule has 0 aliphatic heterocycles. The Morgan fingerprint density at radius 3 is 2.69 bits per heavy atom. The molecule has 1 N–H and O–H groups in total. The van der Waals surface area contributed by atoms with E-state index in [2.05, 4.69) is 24.4 Å². The summed E-state index contributed by atoms with van der Waals surface area (Å²) in [7, 11) is 0. The predicted octanol–water partition coefficient (Wildman–Crippen LogP) is 2.16. The van der Waals surface area contributed by atoms with Crippen LogP contribution in [0.15, 0.2) is 16.9 Å². The average molecular weight is 184 g/mol. The summed E-state index contributed by atoms with van der Waals surface area (Å²) < 4.78 is 5.20. The van der Waals surface area contributed by atoms with Gasteiger partial charge in [0.05, 0.1) is 12.8 Å². The first kappa shape index (κ1) is 12.0. The van der Waals surface area contributed by atoms with Crippen molar-refractivity contribution in [2.24, 2.45) is 11.0 Å². The zero-order chi connectivity index (χ0) is 10.1. The molecule has 76 valence electrons. The number of hydrazone groups is 1. The van der Waals surface area contributed by atoms with Crippen LogP contribution in [0.25, 0.3) is 0 Å². The summed E-state index contributed by atoms with van der Waals surface area (Å²) in [6.45, 7) is 9.58. The lowest BCUT2D eigenvalue weighted by Crippen LogP contribution is -2.13. The molecule has 0 fully saturated rings. The van der Waals surface area contributed by atoms with Gasteiger partial charge in [0.2, 0.25) is 0 Å². The summed E-state index contributed by atoms with van der Waals surface area (Å²) in [6.07, 6.45) is 3.63. The quantitative estimate of drug-likeness (QED) is 0.297. The standard InChI is InChI=1S/C10H20N2O/c1-9(2)7-12-11-5-6-13-8-10(3)4/h7-9,11H,5-6H2,1-4H3/b12-7+. The van der Waals surface area contributed by atoms with Gasteiger partial charge in [-0.3, -0.25) is 0 Å². The third-order valence-corrected chi connectivity index (χ3v) is 1.11. The van der Waals surface area contributed by atoms with Gasteiger partial charge in [-0.2, -0.15) is 5.10 Å². The second-order valence-corrected chi connectivity index (χ2v) is 3.50. The van der Waals surface area contributed by atoms with Gasteiger partial charge in [-0.1, -0.05) is 13.8 Å². The molecule has 13 heavy (non-hydrogen) atoms. The molecular formula is C10H20N2O. The molecule has 3 heteroatoms. The first-order valence-electron chi connectivity index (χ1n) is 4.64. The zero-order valence-electron chi connectivity index (χ0n) is 9.00. The van der Waals surface area contributed by atoms with Crippen LogP contribution in [-0.2, 0) is 4.74 Å². The summed E-state index contributed by atoms with van der Waals surface area (Å²) in [5.74, 6) is 0.492. The monoisotopic (exact) mass is 184 g/mol. The van der Waals surface area contributed by atoms with Crippen molar-refractivity contribution in [3.05, 3.63) is 11.8 Å². The number of ether oxygens (including phenoxy) is 1. The molecule has 0 radical (unpaired) electrons. The van der Waals surface area contributed by atoms with Crippen molar-refractivity contribution >= 4 is 6.21 Å². The number of allylic oxidation sites excluding steroid dienone is 1. The number of nitrogens with zero attached hydrogens (tertiary/aromatic N) is 1. The van der Waals surface area contributed by atoms with Crippen molar-refractivity contribution in [1.29, 1.82) is 0 Å². The van der Waals surface area contributed by atoms with Crippen LogP contribution < -0.4 is 5.43 Å². The second-order valence-electron chi connectivity index (χ2n) is 3.50. The van der Waals surface area contributed by atoms with E-state index in [0.717, 1.165) is 6.54 Å². The highest BCUT2D eigenvalue weighted by molar-refractivity contribution is 5.58. The van der Waals surface area contributed by atoms with Crippen molar-refractivity contribution in [2.75, 3.05) is 13.2 Å². The van der Waals surface area contributed by atoms with Crippen LogP contribution in [0.2, 0.25) is 0 Å². The van der Waals surface area contributed by atoms with Crippen molar-refractivity contribution in [1.82, 2.24) is 5.43 Å². The van der Waals surface area contributed by atoms with E-state index in [9.17, 15) is 0 Å². The molecule has 0 aliphatic rings. The minimum atomic E-state index is 0.492. The maximum atomic E-state index is 5.20. The molecular weight excluding hydrogens is 164 g/mol. The lowest BCUT2D eigenvalue weighted by molar-refractivity contribution is 0.247. The lowest BCUT2D eigenvalue weighted by atomic mass is 10.3. The third-order valence-electron chi connectivity index (χ3n) is 1.11. The Kier molecular flexibility index (Phi) is 7.07. The van der Waals surface area contributed by atoms with Gasteiger partial charge in [-0.25, -0.2) is 0 Å². The summed E-state index contributed by atoms with van der Waals surface area (Å²) in [5.41, 5.74) is 4.08. The molecule has 0 amide bonds. The molecule has 0 spiro atoms. The van der Waals surface area contributed by atoms with Crippen LogP contribution in [0.1, 0.15) is 27.7 Å². The van der Waals surface area contributed by atoms with Crippen molar-refractivity contribution in [3.63, 3.8) is 0 Å². The van der Waals surface area contributed by atoms with Gasteiger partial charge in [0.25, 0.3) is 0 Å². The Morgan fingerprint density at radius 1 is 1.46 bits per heavy atom. The summed E-state index contributed by atoms with van der Waals surface area (Å²) in [4.78, 5) is 0. The Labute approximate surface area is 80.9 Å². The normalized spacial score (nSPS) is 10.5. The molecule has 0 bridgehead atoms. The fraction of sp³-hybridized carbons (Fsp3) is 0.700. The Balaban J connectivity index is 3.22. The minimum Gasteiger partial charge on any atom is -0.499 e. The van der Waals surface area contributed by atoms with E-state index in [4.69, 9.17) is 4.74 Å². The van der Waals surface area contributed by atoms with Crippen LogP contribution in [0.3, 0.4) is 0 Å². The maximum absolute atomic E-state index is 5.20. The van der Waals surface area contributed by atoms with Crippen LogP contribution in [0, 0.1) is 5.92 Å². The van der Waals surface area contributed by atoms with Crippen molar-refractivity contribution < 1.29 is 4.74 Å². The number of nitrogens with one attached hydrogen (secondary N) is 1. The highest BCUT2D eigenvalue weighted by Crippen LogP contribution is 1.88.